The number of hydrogen-bond acceptors (Lipinski definition) is 6. The topological polar surface area (TPSA) is 112 Å². The second kappa shape index (κ2) is 10.1. The lowest BCUT2D eigenvalue weighted by Crippen LogP contribution is -2.63. The third kappa shape index (κ3) is 4.67. The van der Waals surface area contributed by atoms with Crippen molar-refractivity contribution in [2.24, 2.45) is 5.41 Å². The number of nitrogens with zero attached hydrogens (tertiary/aromatic N) is 5. The Bertz CT molecular complexity index is 1440. The molecule has 3 aliphatic rings. The number of carbonyl (C=O) groups excluding carboxylic acids is 2. The van der Waals surface area contributed by atoms with Crippen molar-refractivity contribution in [3.8, 4) is 11.1 Å². The number of rotatable bonds is 6. The Hall–Kier alpha value is -3.47. The average molecular weight is 588 g/mol. The third-order valence-electron chi connectivity index (χ3n) is 8.92. The number of halogens is 3. The molecule has 1 saturated carbocycles. The Labute approximate surface area is 243 Å². The Morgan fingerprint density at radius 2 is 1.83 bits per heavy atom. The van der Waals surface area contributed by atoms with E-state index in [1.807, 2.05) is 37.3 Å². The van der Waals surface area contributed by atoms with Gasteiger partial charge in [-0.1, -0.05) is 18.2 Å². The number of aryl methyl sites for hydroxylation is 1. The fraction of sp³-hybridized carbons (Fsp3) is 0.517. The van der Waals surface area contributed by atoms with Gasteiger partial charge >= 0.3 is 6.43 Å². The van der Waals surface area contributed by atoms with E-state index in [4.69, 9.17) is 27.8 Å². The van der Waals surface area contributed by atoms with E-state index in [0.717, 1.165) is 29.7 Å². The maximum Gasteiger partial charge on any atom is 0.315 e. The first-order valence-corrected chi connectivity index (χ1v) is 14.1. The summed E-state index contributed by atoms with van der Waals surface area (Å²) in [4.78, 5) is 29.2. The van der Waals surface area contributed by atoms with Crippen LogP contribution in [0.1, 0.15) is 49.6 Å². The van der Waals surface area contributed by atoms with Gasteiger partial charge in [0, 0.05) is 72.4 Å². The lowest BCUT2D eigenvalue weighted by molar-refractivity contribution is -0.149. The zero-order valence-corrected chi connectivity index (χ0v) is 24.6. The number of alkyl halides is 2. The first-order chi connectivity index (χ1) is 19.2. The minimum absolute atomic E-state index is 0.0588. The van der Waals surface area contributed by atoms with Crippen LogP contribution in [0.15, 0.2) is 18.7 Å². The standard InChI is InChI=1S/C29H36ClF2N7O2/c1-6-21(40)37-14-29(15-37)10-18(11-29)39-17(3)22(23-19(12-33)20(34)9-16(2)24(23)30)26(35-39)38-8-7-36(13-28(38,4)5)27(41)25(31)32/h6,9,12,18,25,33H,1,7-8,10-11,13-15,34H2,2-5H3. The van der Waals surface area contributed by atoms with E-state index < -0.39 is 17.9 Å². The summed E-state index contributed by atoms with van der Waals surface area (Å²) < 4.78 is 28.5. The van der Waals surface area contributed by atoms with Gasteiger partial charge in [0.2, 0.25) is 5.91 Å². The van der Waals surface area contributed by atoms with Crippen LogP contribution < -0.4 is 10.6 Å². The van der Waals surface area contributed by atoms with Gasteiger partial charge in [0.15, 0.2) is 5.82 Å². The minimum atomic E-state index is -3.06. The van der Waals surface area contributed by atoms with Gasteiger partial charge in [-0.2, -0.15) is 13.9 Å². The van der Waals surface area contributed by atoms with Gasteiger partial charge in [0.05, 0.1) is 16.6 Å². The van der Waals surface area contributed by atoms with E-state index in [1.54, 1.807) is 11.0 Å². The molecule has 2 aromatic rings. The van der Waals surface area contributed by atoms with E-state index in [-0.39, 0.29) is 30.5 Å². The Kier molecular flexibility index (Phi) is 7.16. The number of piperazine rings is 1. The number of nitrogens with two attached hydrogens (primary N) is 1. The first kappa shape index (κ1) is 29.0. The second-order valence-electron chi connectivity index (χ2n) is 12.2. The number of amides is 2. The molecule has 3 heterocycles. The Morgan fingerprint density at radius 3 is 2.39 bits per heavy atom. The van der Waals surface area contributed by atoms with E-state index >= 15 is 0 Å². The number of nitrogens with one attached hydrogen (secondary N) is 1. The second-order valence-corrected chi connectivity index (χ2v) is 12.6. The largest absolute Gasteiger partial charge is 0.398 e. The number of anilines is 2. The molecule has 220 valence electrons. The fourth-order valence-corrected chi connectivity index (χ4v) is 7.12. The van der Waals surface area contributed by atoms with Crippen LogP contribution in [0.5, 0.6) is 0 Å². The molecular formula is C29H36ClF2N7O2. The van der Waals surface area contributed by atoms with E-state index in [9.17, 15) is 18.4 Å². The minimum Gasteiger partial charge on any atom is -0.398 e. The first-order valence-electron chi connectivity index (χ1n) is 13.7. The summed E-state index contributed by atoms with van der Waals surface area (Å²) in [6.07, 6.45) is 1.19. The highest BCUT2D eigenvalue weighted by atomic mass is 35.5. The van der Waals surface area contributed by atoms with Crippen molar-refractivity contribution < 1.29 is 18.4 Å². The molecule has 1 aromatic heterocycles. The summed E-state index contributed by atoms with van der Waals surface area (Å²) in [5.74, 6) is -0.620. The lowest BCUT2D eigenvalue weighted by Gasteiger charge is -2.58. The van der Waals surface area contributed by atoms with Gasteiger partial charge in [0.1, 0.15) is 0 Å². The molecule has 2 saturated heterocycles. The van der Waals surface area contributed by atoms with Gasteiger partial charge in [-0.25, -0.2) is 0 Å². The maximum atomic E-state index is 13.3. The summed E-state index contributed by atoms with van der Waals surface area (Å²) in [7, 11) is 0. The van der Waals surface area contributed by atoms with Gasteiger partial charge in [0.25, 0.3) is 5.91 Å². The van der Waals surface area contributed by atoms with Crippen LogP contribution >= 0.6 is 11.6 Å². The van der Waals surface area contributed by atoms with Crippen molar-refractivity contribution in [2.75, 3.05) is 43.4 Å². The summed E-state index contributed by atoms with van der Waals surface area (Å²) in [5.41, 5.74) is 9.57. The molecule has 9 nitrogen and oxygen atoms in total. The number of carbonyl (C=O) groups is 2. The van der Waals surface area contributed by atoms with Crippen LogP contribution in [-0.2, 0) is 9.59 Å². The number of hydrogen-bond donors (Lipinski definition) is 2. The molecule has 1 aromatic carbocycles. The molecule has 12 heteroatoms. The SMILES string of the molecule is C=CC(=O)N1CC2(CC(n3nc(N4CCN(C(=O)C(F)F)CC4(C)C)c(-c4c(Cl)c(C)cc(N)c4C=N)c3C)C2)C1. The zero-order valence-electron chi connectivity index (χ0n) is 23.8. The monoisotopic (exact) mass is 587 g/mol. The summed E-state index contributed by atoms with van der Waals surface area (Å²) >= 11 is 6.91. The normalized spacial score (nSPS) is 19.8. The zero-order chi connectivity index (χ0) is 30.0. The van der Waals surface area contributed by atoms with Gasteiger partial charge in [-0.05, 0) is 58.2 Å². The summed E-state index contributed by atoms with van der Waals surface area (Å²) in [6, 6.07) is 1.84. The quantitative estimate of drug-likeness (QED) is 0.295. The van der Waals surface area contributed by atoms with Crippen molar-refractivity contribution in [1.29, 1.82) is 5.41 Å². The molecule has 1 aliphatic carbocycles. The smallest absolute Gasteiger partial charge is 0.315 e. The van der Waals surface area contributed by atoms with Crippen LogP contribution in [0.25, 0.3) is 11.1 Å². The molecule has 0 radical (unpaired) electrons. The molecule has 0 atom stereocenters. The number of benzene rings is 1. The van der Waals surface area contributed by atoms with Crippen molar-refractivity contribution in [2.45, 2.75) is 58.5 Å². The average Bonchev–Trinajstić information content (AvgIpc) is 3.18. The van der Waals surface area contributed by atoms with Crippen LogP contribution in [0.2, 0.25) is 5.02 Å². The molecule has 41 heavy (non-hydrogen) atoms. The summed E-state index contributed by atoms with van der Waals surface area (Å²) in [6.45, 7) is 13.1. The predicted molar refractivity (Wildman–Crippen MR) is 156 cm³/mol. The van der Waals surface area contributed by atoms with Gasteiger partial charge in [-0.15, -0.1) is 0 Å². The van der Waals surface area contributed by atoms with E-state index in [0.29, 0.717) is 47.3 Å². The lowest BCUT2D eigenvalue weighted by atomic mass is 9.60. The molecule has 3 fully saturated rings. The highest BCUT2D eigenvalue weighted by molar-refractivity contribution is 6.35. The molecule has 2 amide bonds. The molecule has 2 aliphatic heterocycles. The van der Waals surface area contributed by atoms with Gasteiger partial charge < -0.3 is 25.8 Å². The Balaban J connectivity index is 1.57. The van der Waals surface area contributed by atoms with Crippen LogP contribution in [0, 0.1) is 24.7 Å². The number of nitrogen functional groups attached to an aromatic ring is 1. The predicted octanol–water partition coefficient (Wildman–Crippen LogP) is 4.44. The molecule has 1 spiro atoms. The summed E-state index contributed by atoms with van der Waals surface area (Å²) in [5, 5.41) is 13.7. The van der Waals surface area contributed by atoms with Gasteiger partial charge in [-0.3, -0.25) is 14.3 Å². The molecular weight excluding hydrogens is 552 g/mol. The number of likely N-dealkylation sites (tertiary alicyclic amines) is 1. The Morgan fingerprint density at radius 1 is 1.17 bits per heavy atom. The van der Waals surface area contributed by atoms with Crippen LogP contribution in [0.3, 0.4) is 0 Å². The van der Waals surface area contributed by atoms with Crippen molar-refractivity contribution in [3.63, 3.8) is 0 Å². The molecule has 0 bridgehead atoms. The van der Waals surface area contributed by atoms with E-state index in [1.165, 1.54) is 17.2 Å². The number of aromatic nitrogens is 2. The molecule has 5 rings (SSSR count). The van der Waals surface area contributed by atoms with Crippen molar-refractivity contribution >= 4 is 41.1 Å². The van der Waals surface area contributed by atoms with Crippen molar-refractivity contribution in [3.05, 3.63) is 40.6 Å². The highest BCUT2D eigenvalue weighted by Gasteiger charge is 2.54. The maximum absolute atomic E-state index is 13.3. The third-order valence-corrected chi connectivity index (χ3v) is 9.41. The molecule has 0 unspecified atom stereocenters. The van der Waals surface area contributed by atoms with Crippen molar-refractivity contribution in [1.82, 2.24) is 19.6 Å². The van der Waals surface area contributed by atoms with E-state index in [2.05, 4.69) is 6.58 Å². The van der Waals surface area contributed by atoms with Crippen LogP contribution in [-0.4, -0.2) is 82.3 Å². The fourth-order valence-electron chi connectivity index (χ4n) is 6.87. The molecule has 3 N–H and O–H groups in total. The highest BCUT2D eigenvalue weighted by Crippen LogP contribution is 2.55. The van der Waals surface area contributed by atoms with Crippen LogP contribution in [0.4, 0.5) is 20.3 Å².